The van der Waals surface area contributed by atoms with Crippen LogP contribution in [0.25, 0.3) is 0 Å². The fraction of sp³-hybridized carbons (Fsp3) is 0.846. The molecular weight excluding hydrogens is 250 g/mol. The number of carboxylic acids is 1. The van der Waals surface area contributed by atoms with Gasteiger partial charge in [-0.05, 0) is 20.8 Å². The van der Waals surface area contributed by atoms with Crippen LogP contribution in [0.2, 0.25) is 0 Å². The van der Waals surface area contributed by atoms with Crippen LogP contribution in [0.1, 0.15) is 27.2 Å². The number of amides is 1. The summed E-state index contributed by atoms with van der Waals surface area (Å²) in [6.07, 6.45) is -0.0416. The minimum atomic E-state index is -1.07. The van der Waals surface area contributed by atoms with Crippen LogP contribution in [0.4, 0.5) is 0 Å². The van der Waals surface area contributed by atoms with E-state index in [0.717, 1.165) is 0 Å². The summed E-state index contributed by atoms with van der Waals surface area (Å²) in [5.41, 5.74) is -1.07. The Balaban J connectivity index is 4.75. The largest absolute Gasteiger partial charge is 0.481 e. The van der Waals surface area contributed by atoms with E-state index in [4.69, 9.17) is 14.6 Å². The van der Waals surface area contributed by atoms with Crippen LogP contribution in [0.5, 0.6) is 0 Å². The van der Waals surface area contributed by atoms with E-state index in [0.29, 0.717) is 19.8 Å². The Kier molecular flexibility index (Phi) is 7.63. The predicted octanol–water partition coefficient (Wildman–Crippen LogP) is 0.997. The van der Waals surface area contributed by atoms with Crippen molar-refractivity contribution in [2.24, 2.45) is 5.41 Å². The molecule has 1 unspecified atom stereocenters. The molecule has 0 aromatic rings. The number of carbonyl (C=O) groups excluding carboxylic acids is 1. The standard InChI is InChI=1S/C13H25NO5/c1-10(9-19-5)14(6-7-18-4)11(15)8-13(2,3)12(16)17/h10H,6-9H2,1-5H3,(H,16,17). The summed E-state index contributed by atoms with van der Waals surface area (Å²) in [7, 11) is 3.13. The predicted molar refractivity (Wildman–Crippen MR) is 71.0 cm³/mol. The fourth-order valence-electron chi connectivity index (χ4n) is 1.67. The molecule has 19 heavy (non-hydrogen) atoms. The summed E-state index contributed by atoms with van der Waals surface area (Å²) in [4.78, 5) is 24.9. The Morgan fingerprint density at radius 3 is 2.26 bits per heavy atom. The van der Waals surface area contributed by atoms with E-state index in [1.54, 1.807) is 33.0 Å². The van der Waals surface area contributed by atoms with Gasteiger partial charge >= 0.3 is 5.97 Å². The topological polar surface area (TPSA) is 76.1 Å². The first kappa shape index (κ1) is 17.9. The zero-order valence-corrected chi connectivity index (χ0v) is 12.4. The molecule has 0 bridgehead atoms. The molecule has 6 heteroatoms. The van der Waals surface area contributed by atoms with Crippen molar-refractivity contribution in [3.63, 3.8) is 0 Å². The van der Waals surface area contributed by atoms with Gasteiger partial charge in [-0.15, -0.1) is 0 Å². The number of carboxylic acid groups (broad SMARTS) is 1. The highest BCUT2D eigenvalue weighted by Gasteiger charge is 2.33. The van der Waals surface area contributed by atoms with E-state index < -0.39 is 11.4 Å². The summed E-state index contributed by atoms with van der Waals surface area (Å²) in [5.74, 6) is -1.18. The van der Waals surface area contributed by atoms with Crippen LogP contribution in [-0.2, 0) is 19.1 Å². The average molecular weight is 275 g/mol. The first-order valence-electron chi connectivity index (χ1n) is 6.27. The molecule has 0 heterocycles. The second-order valence-corrected chi connectivity index (χ2v) is 5.25. The third-order valence-corrected chi connectivity index (χ3v) is 2.97. The van der Waals surface area contributed by atoms with E-state index in [-0.39, 0.29) is 18.4 Å². The molecule has 0 aliphatic heterocycles. The zero-order chi connectivity index (χ0) is 15.1. The molecule has 1 N–H and O–H groups in total. The Bertz CT molecular complexity index is 303. The van der Waals surface area contributed by atoms with Crippen LogP contribution in [0.15, 0.2) is 0 Å². The highest BCUT2D eigenvalue weighted by molar-refractivity contribution is 5.84. The molecule has 1 atom stereocenters. The fourth-order valence-corrected chi connectivity index (χ4v) is 1.67. The maximum Gasteiger partial charge on any atom is 0.309 e. The third-order valence-electron chi connectivity index (χ3n) is 2.97. The maximum absolute atomic E-state index is 12.2. The van der Waals surface area contributed by atoms with Gasteiger partial charge in [0.15, 0.2) is 0 Å². The summed E-state index contributed by atoms with van der Waals surface area (Å²) in [5, 5.41) is 9.07. The molecule has 6 nitrogen and oxygen atoms in total. The number of nitrogens with zero attached hydrogens (tertiary/aromatic N) is 1. The van der Waals surface area contributed by atoms with Gasteiger partial charge < -0.3 is 19.5 Å². The van der Waals surface area contributed by atoms with Crippen LogP contribution >= 0.6 is 0 Å². The number of ether oxygens (including phenoxy) is 2. The van der Waals surface area contributed by atoms with E-state index in [1.807, 2.05) is 6.92 Å². The highest BCUT2D eigenvalue weighted by atomic mass is 16.5. The van der Waals surface area contributed by atoms with Gasteiger partial charge in [-0.2, -0.15) is 0 Å². The summed E-state index contributed by atoms with van der Waals surface area (Å²) >= 11 is 0. The lowest BCUT2D eigenvalue weighted by Gasteiger charge is -2.31. The molecule has 0 saturated carbocycles. The number of methoxy groups -OCH3 is 2. The minimum absolute atomic E-state index is 0.0416. The maximum atomic E-state index is 12.2. The number of aliphatic carboxylic acids is 1. The molecular formula is C13H25NO5. The Morgan fingerprint density at radius 1 is 1.26 bits per heavy atom. The molecule has 0 radical (unpaired) electrons. The smallest absolute Gasteiger partial charge is 0.309 e. The van der Waals surface area contributed by atoms with Gasteiger partial charge in [-0.1, -0.05) is 0 Å². The number of carbonyl (C=O) groups is 2. The van der Waals surface area contributed by atoms with Gasteiger partial charge in [0.1, 0.15) is 0 Å². The van der Waals surface area contributed by atoms with E-state index >= 15 is 0 Å². The first-order valence-corrected chi connectivity index (χ1v) is 6.27. The third kappa shape index (κ3) is 6.02. The summed E-state index contributed by atoms with van der Waals surface area (Å²) in [6, 6.07) is -0.114. The molecule has 0 aliphatic carbocycles. The van der Waals surface area contributed by atoms with Crippen molar-refractivity contribution >= 4 is 11.9 Å². The summed E-state index contributed by atoms with van der Waals surface area (Å²) < 4.78 is 10.0. The van der Waals surface area contributed by atoms with Crippen molar-refractivity contribution in [1.82, 2.24) is 4.90 Å². The highest BCUT2D eigenvalue weighted by Crippen LogP contribution is 2.22. The molecule has 0 saturated heterocycles. The van der Waals surface area contributed by atoms with Crippen molar-refractivity contribution in [3.8, 4) is 0 Å². The Hall–Kier alpha value is -1.14. The van der Waals surface area contributed by atoms with E-state index in [9.17, 15) is 9.59 Å². The van der Waals surface area contributed by atoms with Gasteiger partial charge in [-0.3, -0.25) is 9.59 Å². The van der Waals surface area contributed by atoms with Crippen LogP contribution in [-0.4, -0.2) is 61.9 Å². The SMILES string of the molecule is COCCN(C(=O)CC(C)(C)C(=O)O)C(C)COC. The molecule has 0 aromatic carbocycles. The number of hydrogen-bond donors (Lipinski definition) is 1. The molecule has 0 spiro atoms. The number of hydrogen-bond acceptors (Lipinski definition) is 4. The molecule has 0 aromatic heterocycles. The lowest BCUT2D eigenvalue weighted by atomic mass is 9.89. The van der Waals surface area contributed by atoms with Crippen molar-refractivity contribution in [1.29, 1.82) is 0 Å². The monoisotopic (exact) mass is 275 g/mol. The first-order chi connectivity index (χ1) is 8.76. The Labute approximate surface area is 114 Å². The molecule has 0 rings (SSSR count). The van der Waals surface area contributed by atoms with Crippen LogP contribution in [0.3, 0.4) is 0 Å². The lowest BCUT2D eigenvalue weighted by Crippen LogP contribution is -2.45. The molecule has 1 amide bonds. The number of rotatable bonds is 9. The molecule has 112 valence electrons. The second kappa shape index (κ2) is 8.12. The van der Waals surface area contributed by atoms with E-state index in [1.165, 1.54) is 0 Å². The van der Waals surface area contributed by atoms with Crippen LogP contribution < -0.4 is 0 Å². The second-order valence-electron chi connectivity index (χ2n) is 5.25. The normalized spacial score (nSPS) is 13.1. The minimum Gasteiger partial charge on any atom is -0.481 e. The van der Waals surface area contributed by atoms with Gasteiger partial charge in [0.25, 0.3) is 0 Å². The van der Waals surface area contributed by atoms with Crippen molar-refractivity contribution in [2.45, 2.75) is 33.2 Å². The van der Waals surface area contributed by atoms with Gasteiger partial charge in [0.2, 0.25) is 5.91 Å². The summed E-state index contributed by atoms with van der Waals surface area (Å²) in [6.45, 7) is 6.20. The van der Waals surface area contributed by atoms with Crippen molar-refractivity contribution in [2.75, 3.05) is 34.0 Å². The Morgan fingerprint density at radius 2 is 1.84 bits per heavy atom. The van der Waals surface area contributed by atoms with Crippen molar-refractivity contribution < 1.29 is 24.2 Å². The molecule has 0 fully saturated rings. The quantitative estimate of drug-likeness (QED) is 0.679. The van der Waals surface area contributed by atoms with Crippen LogP contribution in [0, 0.1) is 5.41 Å². The van der Waals surface area contributed by atoms with E-state index in [2.05, 4.69) is 0 Å². The average Bonchev–Trinajstić information content (AvgIpc) is 2.28. The van der Waals surface area contributed by atoms with Crippen molar-refractivity contribution in [3.05, 3.63) is 0 Å². The molecule has 0 aliphatic rings. The van der Waals surface area contributed by atoms with Gasteiger partial charge in [-0.25, -0.2) is 0 Å². The lowest BCUT2D eigenvalue weighted by molar-refractivity contribution is -0.152. The van der Waals surface area contributed by atoms with Gasteiger partial charge in [0.05, 0.1) is 24.7 Å². The zero-order valence-electron chi connectivity index (χ0n) is 12.4. The van der Waals surface area contributed by atoms with Gasteiger partial charge in [0, 0.05) is 27.2 Å².